The molecule has 0 radical (unpaired) electrons. The molecule has 0 saturated heterocycles. The molecule has 0 saturated carbocycles. The van der Waals surface area contributed by atoms with Gasteiger partial charge in [-0.05, 0) is 56.7 Å². The van der Waals surface area contributed by atoms with E-state index in [0.29, 0.717) is 0 Å². The number of carbonyl (C=O) groups excluding carboxylic acids is 1. The second kappa shape index (κ2) is 6.76. The van der Waals surface area contributed by atoms with Crippen LogP contribution in [0.3, 0.4) is 0 Å². The average Bonchev–Trinajstić information content (AvgIpc) is 2.44. The Labute approximate surface area is 133 Å². The molecular weight excluding hydrogens is 330 g/mol. The molecule has 1 atom stereocenters. The molecule has 0 aliphatic heterocycles. The lowest BCUT2D eigenvalue weighted by Gasteiger charge is -2.16. The zero-order valence-electron chi connectivity index (χ0n) is 12.3. The predicted octanol–water partition coefficient (Wildman–Crippen LogP) is 4.47. The van der Waals surface area contributed by atoms with Crippen LogP contribution in [0.1, 0.15) is 18.1 Å². The summed E-state index contributed by atoms with van der Waals surface area (Å²) in [4.78, 5) is 12.1. The van der Waals surface area contributed by atoms with Gasteiger partial charge in [0.25, 0.3) is 5.91 Å². The van der Waals surface area contributed by atoms with Crippen LogP contribution >= 0.6 is 15.9 Å². The van der Waals surface area contributed by atoms with E-state index < -0.39 is 6.10 Å². The Hall–Kier alpha value is -1.81. The van der Waals surface area contributed by atoms with Crippen molar-refractivity contribution in [1.29, 1.82) is 0 Å². The highest BCUT2D eigenvalue weighted by atomic mass is 79.9. The first-order valence-electron chi connectivity index (χ1n) is 6.76. The highest BCUT2D eigenvalue weighted by molar-refractivity contribution is 9.10. The van der Waals surface area contributed by atoms with Crippen molar-refractivity contribution in [2.24, 2.45) is 0 Å². The quantitative estimate of drug-likeness (QED) is 0.885. The molecule has 21 heavy (non-hydrogen) atoms. The third-order valence-electron chi connectivity index (χ3n) is 3.12. The van der Waals surface area contributed by atoms with Crippen LogP contribution in [0.4, 0.5) is 5.69 Å². The molecule has 2 aromatic rings. The number of anilines is 1. The fourth-order valence-electron chi connectivity index (χ4n) is 1.95. The molecule has 0 heterocycles. The summed E-state index contributed by atoms with van der Waals surface area (Å²) in [5.74, 6) is 0.566. The summed E-state index contributed by atoms with van der Waals surface area (Å²) in [6, 6.07) is 13.3. The van der Waals surface area contributed by atoms with Crippen molar-refractivity contribution < 1.29 is 9.53 Å². The van der Waals surface area contributed by atoms with E-state index in [1.54, 1.807) is 6.92 Å². The summed E-state index contributed by atoms with van der Waals surface area (Å²) in [5.41, 5.74) is 2.95. The lowest BCUT2D eigenvalue weighted by Crippen LogP contribution is -2.30. The third kappa shape index (κ3) is 4.33. The number of nitrogens with one attached hydrogen (secondary N) is 1. The number of carbonyl (C=O) groups is 1. The fourth-order valence-corrected chi connectivity index (χ4v) is 2.22. The van der Waals surface area contributed by atoms with Crippen molar-refractivity contribution in [3.8, 4) is 5.75 Å². The van der Waals surface area contributed by atoms with E-state index in [4.69, 9.17) is 4.74 Å². The molecule has 1 amide bonds. The van der Waals surface area contributed by atoms with Crippen molar-refractivity contribution in [2.75, 3.05) is 5.32 Å². The van der Waals surface area contributed by atoms with E-state index in [1.165, 1.54) is 5.56 Å². The number of hydrogen-bond donors (Lipinski definition) is 1. The van der Waals surface area contributed by atoms with E-state index in [9.17, 15) is 4.79 Å². The minimum atomic E-state index is -0.560. The number of benzene rings is 2. The van der Waals surface area contributed by atoms with Gasteiger partial charge in [0.2, 0.25) is 0 Å². The van der Waals surface area contributed by atoms with Gasteiger partial charge < -0.3 is 10.1 Å². The highest BCUT2D eigenvalue weighted by Crippen LogP contribution is 2.20. The molecule has 0 spiro atoms. The van der Waals surface area contributed by atoms with Crippen molar-refractivity contribution in [3.05, 3.63) is 58.1 Å². The molecule has 3 nitrogen and oxygen atoms in total. The van der Waals surface area contributed by atoms with E-state index in [1.807, 2.05) is 56.3 Å². The van der Waals surface area contributed by atoms with Crippen LogP contribution in [-0.2, 0) is 4.79 Å². The predicted molar refractivity (Wildman–Crippen MR) is 88.8 cm³/mol. The second-order valence-corrected chi connectivity index (χ2v) is 5.94. The molecule has 0 unspecified atom stereocenters. The zero-order valence-corrected chi connectivity index (χ0v) is 13.9. The molecular formula is C17H18BrNO2. The van der Waals surface area contributed by atoms with Crippen LogP contribution < -0.4 is 10.1 Å². The first kappa shape index (κ1) is 15.6. The van der Waals surface area contributed by atoms with Crippen LogP contribution in [0.5, 0.6) is 5.75 Å². The Bertz CT molecular complexity index is 638. The summed E-state index contributed by atoms with van der Waals surface area (Å²) in [7, 11) is 0. The van der Waals surface area contributed by atoms with Gasteiger partial charge >= 0.3 is 0 Å². The first-order valence-corrected chi connectivity index (χ1v) is 7.55. The van der Waals surface area contributed by atoms with Gasteiger partial charge in [-0.3, -0.25) is 4.79 Å². The first-order chi connectivity index (χ1) is 9.95. The largest absolute Gasteiger partial charge is 0.481 e. The maximum absolute atomic E-state index is 12.1. The number of rotatable bonds is 4. The fraction of sp³-hybridized carbons (Fsp3) is 0.235. The van der Waals surface area contributed by atoms with Crippen LogP contribution in [-0.4, -0.2) is 12.0 Å². The van der Waals surface area contributed by atoms with Gasteiger partial charge in [0.05, 0.1) is 0 Å². The van der Waals surface area contributed by atoms with E-state index in [0.717, 1.165) is 21.5 Å². The van der Waals surface area contributed by atoms with E-state index in [2.05, 4.69) is 21.2 Å². The molecule has 2 rings (SSSR count). The van der Waals surface area contributed by atoms with Crippen LogP contribution in [0.25, 0.3) is 0 Å². The third-order valence-corrected chi connectivity index (χ3v) is 3.64. The van der Waals surface area contributed by atoms with Gasteiger partial charge in [0.1, 0.15) is 5.75 Å². The topological polar surface area (TPSA) is 38.3 Å². The maximum Gasteiger partial charge on any atom is 0.265 e. The Kier molecular flexibility index (Phi) is 5.02. The Balaban J connectivity index is 2.00. The van der Waals surface area contributed by atoms with Gasteiger partial charge in [-0.1, -0.05) is 33.6 Å². The minimum absolute atomic E-state index is 0.169. The lowest BCUT2D eigenvalue weighted by atomic mass is 10.1. The number of ether oxygens (including phenoxy) is 1. The SMILES string of the molecule is Cc1ccc(O[C@H](C)C(=O)Nc2ccc(Br)cc2)c(C)c1. The van der Waals surface area contributed by atoms with Crippen LogP contribution in [0.15, 0.2) is 46.9 Å². The molecule has 0 aliphatic rings. The maximum atomic E-state index is 12.1. The molecule has 0 fully saturated rings. The van der Waals surface area contributed by atoms with Crippen molar-refractivity contribution in [3.63, 3.8) is 0 Å². The molecule has 1 N–H and O–H groups in total. The highest BCUT2D eigenvalue weighted by Gasteiger charge is 2.15. The summed E-state index contributed by atoms with van der Waals surface area (Å²) in [5, 5.41) is 2.84. The summed E-state index contributed by atoms with van der Waals surface area (Å²) >= 11 is 3.36. The van der Waals surface area contributed by atoms with Gasteiger partial charge in [0, 0.05) is 10.2 Å². The van der Waals surface area contributed by atoms with E-state index >= 15 is 0 Å². The minimum Gasteiger partial charge on any atom is -0.481 e. The van der Waals surface area contributed by atoms with Crippen molar-refractivity contribution in [2.45, 2.75) is 26.9 Å². The molecule has 0 aromatic heterocycles. The van der Waals surface area contributed by atoms with Crippen LogP contribution in [0, 0.1) is 13.8 Å². The summed E-state index contributed by atoms with van der Waals surface area (Å²) in [6.45, 7) is 5.75. The summed E-state index contributed by atoms with van der Waals surface area (Å²) < 4.78 is 6.71. The molecule has 0 bridgehead atoms. The van der Waals surface area contributed by atoms with Gasteiger partial charge in [-0.2, -0.15) is 0 Å². The van der Waals surface area contributed by atoms with Crippen molar-refractivity contribution in [1.82, 2.24) is 0 Å². The Morgan fingerprint density at radius 3 is 2.43 bits per heavy atom. The molecule has 110 valence electrons. The van der Waals surface area contributed by atoms with Gasteiger partial charge in [-0.25, -0.2) is 0 Å². The lowest BCUT2D eigenvalue weighted by molar-refractivity contribution is -0.122. The Morgan fingerprint density at radius 2 is 1.81 bits per heavy atom. The smallest absolute Gasteiger partial charge is 0.265 e. The van der Waals surface area contributed by atoms with E-state index in [-0.39, 0.29) is 5.91 Å². The zero-order chi connectivity index (χ0) is 15.4. The summed E-state index contributed by atoms with van der Waals surface area (Å²) in [6.07, 6.45) is -0.560. The van der Waals surface area contributed by atoms with Crippen LogP contribution in [0.2, 0.25) is 0 Å². The number of amides is 1. The molecule has 4 heteroatoms. The van der Waals surface area contributed by atoms with Gasteiger partial charge in [0.15, 0.2) is 6.10 Å². The normalized spacial score (nSPS) is 11.8. The standard InChI is InChI=1S/C17H18BrNO2/c1-11-4-9-16(12(2)10-11)21-13(3)17(20)19-15-7-5-14(18)6-8-15/h4-10,13H,1-3H3,(H,19,20)/t13-/m1/s1. The monoisotopic (exact) mass is 347 g/mol. The average molecular weight is 348 g/mol. The van der Waals surface area contributed by atoms with Gasteiger partial charge in [-0.15, -0.1) is 0 Å². The second-order valence-electron chi connectivity index (χ2n) is 5.03. The molecule has 0 aliphatic carbocycles. The molecule has 2 aromatic carbocycles. The number of hydrogen-bond acceptors (Lipinski definition) is 2. The Morgan fingerprint density at radius 1 is 1.14 bits per heavy atom. The number of halogens is 1. The number of aryl methyl sites for hydroxylation is 2. The van der Waals surface area contributed by atoms with Crippen molar-refractivity contribution >= 4 is 27.5 Å².